The van der Waals surface area contributed by atoms with E-state index in [1.807, 2.05) is 5.32 Å². The van der Waals surface area contributed by atoms with Crippen molar-refractivity contribution in [2.24, 2.45) is 0 Å². The van der Waals surface area contributed by atoms with Gasteiger partial charge in [-0.2, -0.15) is 0 Å². The second kappa shape index (κ2) is 4.45. The molecule has 6 heteroatoms. The predicted molar refractivity (Wildman–Crippen MR) is 29.0 cm³/mol. The van der Waals surface area contributed by atoms with E-state index in [1.54, 1.807) is 0 Å². The molecule has 0 aliphatic rings. The Morgan fingerprint density at radius 2 is 2.10 bits per heavy atom. The molecule has 10 heavy (non-hydrogen) atoms. The summed E-state index contributed by atoms with van der Waals surface area (Å²) in [6.45, 7) is -0.407. The average Bonchev–Trinajstić information content (AvgIpc) is 1.98. The van der Waals surface area contributed by atoms with Crippen LogP contribution in [0.15, 0.2) is 0 Å². The van der Waals surface area contributed by atoms with Crippen molar-refractivity contribution >= 4 is 18.1 Å². The van der Waals surface area contributed by atoms with Crippen LogP contribution in [0.2, 0.25) is 0 Å². The molecule has 0 aromatic carbocycles. The van der Waals surface area contributed by atoms with E-state index in [0.29, 0.717) is 0 Å². The van der Waals surface area contributed by atoms with E-state index in [1.165, 1.54) is 0 Å². The number of rotatable bonds is 4. The second-order valence-electron chi connectivity index (χ2n) is 1.36. The van der Waals surface area contributed by atoms with Crippen LogP contribution in [0.4, 0.5) is 0 Å². The molecule has 0 aromatic heterocycles. The Bertz CT molecular complexity index is 155. The normalized spacial score (nSPS) is 8.10. The van der Waals surface area contributed by atoms with Gasteiger partial charge in [0.25, 0.3) is 0 Å². The number of hydroxylamine groups is 1. The zero-order valence-corrected chi connectivity index (χ0v) is 4.96. The van der Waals surface area contributed by atoms with Gasteiger partial charge in [-0.25, -0.2) is 5.48 Å². The molecule has 2 amide bonds. The monoisotopic (exact) mass is 146 g/mol. The van der Waals surface area contributed by atoms with Crippen molar-refractivity contribution in [1.82, 2.24) is 10.8 Å². The van der Waals surface area contributed by atoms with Crippen LogP contribution in [0.25, 0.3) is 0 Å². The van der Waals surface area contributed by atoms with Crippen molar-refractivity contribution in [2.75, 3.05) is 6.54 Å². The van der Waals surface area contributed by atoms with E-state index < -0.39 is 18.2 Å². The first-order valence-corrected chi connectivity index (χ1v) is 2.36. The fourth-order valence-corrected chi connectivity index (χ4v) is 0.277. The maximum atomic E-state index is 10.3. The molecule has 0 saturated heterocycles. The molecule has 56 valence electrons. The van der Waals surface area contributed by atoms with E-state index in [-0.39, 0.29) is 6.41 Å². The van der Waals surface area contributed by atoms with Gasteiger partial charge in [0.2, 0.25) is 12.2 Å². The SMILES string of the molecule is O=CNCC(=O)C(=O)NO. The fraction of sp³-hybridized carbons (Fsp3) is 0.250. The summed E-state index contributed by atoms with van der Waals surface area (Å²) >= 11 is 0. The highest BCUT2D eigenvalue weighted by Gasteiger charge is 2.10. The Morgan fingerprint density at radius 1 is 1.50 bits per heavy atom. The van der Waals surface area contributed by atoms with Crippen molar-refractivity contribution in [1.29, 1.82) is 0 Å². The van der Waals surface area contributed by atoms with Crippen molar-refractivity contribution in [2.45, 2.75) is 0 Å². The highest BCUT2D eigenvalue weighted by molar-refractivity contribution is 6.36. The van der Waals surface area contributed by atoms with E-state index in [0.717, 1.165) is 5.48 Å². The topological polar surface area (TPSA) is 95.5 Å². The predicted octanol–water partition coefficient (Wildman–Crippen LogP) is -2.19. The molecule has 0 heterocycles. The number of nitrogens with one attached hydrogen (secondary N) is 2. The smallest absolute Gasteiger partial charge is 0.312 e. The number of Topliss-reactive ketones (excluding diaryl/α,β-unsaturated/α-hetero) is 1. The van der Waals surface area contributed by atoms with Crippen LogP contribution in [0.5, 0.6) is 0 Å². The third-order valence-electron chi connectivity index (χ3n) is 0.701. The Kier molecular flexibility index (Phi) is 3.81. The summed E-state index contributed by atoms with van der Waals surface area (Å²) in [6.07, 6.45) is 0.280. The van der Waals surface area contributed by atoms with Crippen LogP contribution < -0.4 is 10.8 Å². The molecule has 0 spiro atoms. The van der Waals surface area contributed by atoms with E-state index >= 15 is 0 Å². The lowest BCUT2D eigenvalue weighted by Crippen LogP contribution is -2.35. The van der Waals surface area contributed by atoms with Crippen LogP contribution in [-0.4, -0.2) is 29.9 Å². The average molecular weight is 146 g/mol. The Hall–Kier alpha value is -1.43. The van der Waals surface area contributed by atoms with Crippen LogP contribution in [0.1, 0.15) is 0 Å². The van der Waals surface area contributed by atoms with Crippen LogP contribution >= 0.6 is 0 Å². The van der Waals surface area contributed by atoms with Gasteiger partial charge in [-0.3, -0.25) is 19.6 Å². The first kappa shape index (κ1) is 8.57. The molecule has 0 rings (SSSR count). The number of carbonyl (C=O) groups is 3. The third kappa shape index (κ3) is 2.78. The number of carbonyl (C=O) groups excluding carboxylic acids is 3. The zero-order valence-electron chi connectivity index (χ0n) is 4.96. The number of amides is 2. The minimum absolute atomic E-state index is 0.280. The van der Waals surface area contributed by atoms with Gasteiger partial charge in [0, 0.05) is 0 Å². The van der Waals surface area contributed by atoms with E-state index in [2.05, 4.69) is 0 Å². The molecule has 0 unspecified atom stereocenters. The molecular weight excluding hydrogens is 140 g/mol. The molecule has 0 atom stereocenters. The number of hydrogen-bond donors (Lipinski definition) is 3. The summed E-state index contributed by atoms with van der Waals surface area (Å²) < 4.78 is 0. The summed E-state index contributed by atoms with van der Waals surface area (Å²) in [6, 6.07) is 0. The zero-order chi connectivity index (χ0) is 7.98. The fourth-order valence-electron chi connectivity index (χ4n) is 0.277. The molecular formula is C4H6N2O4. The highest BCUT2D eigenvalue weighted by atomic mass is 16.5. The molecule has 0 bridgehead atoms. The molecule has 3 N–H and O–H groups in total. The van der Waals surface area contributed by atoms with Gasteiger partial charge in [0.05, 0.1) is 6.54 Å². The summed E-state index contributed by atoms with van der Waals surface area (Å²) in [5, 5.41) is 9.83. The molecule has 0 aromatic rings. The Labute approximate surface area is 56.2 Å². The van der Waals surface area contributed by atoms with Crippen molar-refractivity contribution in [3.8, 4) is 0 Å². The lowest BCUT2D eigenvalue weighted by atomic mass is 10.4. The largest absolute Gasteiger partial charge is 0.351 e. The quantitative estimate of drug-likeness (QED) is 0.181. The molecule has 0 radical (unpaired) electrons. The molecule has 6 nitrogen and oxygen atoms in total. The molecule has 0 aliphatic carbocycles. The molecule has 0 fully saturated rings. The van der Waals surface area contributed by atoms with Crippen LogP contribution in [0.3, 0.4) is 0 Å². The highest BCUT2D eigenvalue weighted by Crippen LogP contribution is 1.66. The summed E-state index contributed by atoms with van der Waals surface area (Å²) in [4.78, 5) is 30.1. The van der Waals surface area contributed by atoms with E-state index in [4.69, 9.17) is 5.21 Å². The van der Waals surface area contributed by atoms with Crippen molar-refractivity contribution in [3.05, 3.63) is 0 Å². The van der Waals surface area contributed by atoms with E-state index in [9.17, 15) is 14.4 Å². The van der Waals surface area contributed by atoms with Gasteiger partial charge in [-0.1, -0.05) is 0 Å². The van der Waals surface area contributed by atoms with Gasteiger partial charge >= 0.3 is 5.91 Å². The third-order valence-corrected chi connectivity index (χ3v) is 0.701. The Morgan fingerprint density at radius 3 is 2.50 bits per heavy atom. The number of ketones is 1. The maximum absolute atomic E-state index is 10.3. The maximum Gasteiger partial charge on any atom is 0.312 e. The summed E-state index contributed by atoms with van der Waals surface area (Å²) in [5.41, 5.74) is 1.13. The van der Waals surface area contributed by atoms with Gasteiger partial charge < -0.3 is 5.32 Å². The van der Waals surface area contributed by atoms with Gasteiger partial charge in [0.1, 0.15) is 0 Å². The van der Waals surface area contributed by atoms with Gasteiger partial charge in [0.15, 0.2) is 0 Å². The lowest BCUT2D eigenvalue weighted by molar-refractivity contribution is -0.142. The molecule has 0 aliphatic heterocycles. The molecule has 0 saturated carbocycles. The first-order valence-electron chi connectivity index (χ1n) is 2.36. The van der Waals surface area contributed by atoms with Crippen molar-refractivity contribution < 1.29 is 19.6 Å². The lowest BCUT2D eigenvalue weighted by Gasteiger charge is -1.94. The summed E-state index contributed by atoms with van der Waals surface area (Å²) in [7, 11) is 0. The van der Waals surface area contributed by atoms with Crippen molar-refractivity contribution in [3.63, 3.8) is 0 Å². The first-order chi connectivity index (χ1) is 4.72. The minimum Gasteiger partial charge on any atom is -0.351 e. The second-order valence-corrected chi connectivity index (χ2v) is 1.36. The van der Waals surface area contributed by atoms with Gasteiger partial charge in [-0.15, -0.1) is 0 Å². The van der Waals surface area contributed by atoms with Crippen LogP contribution in [-0.2, 0) is 14.4 Å². The standard InChI is InChI=1S/C4H6N2O4/c7-2-5-1-3(8)4(9)6-10/h2,10H,1H2,(H,5,7)(H,6,9). The van der Waals surface area contributed by atoms with Crippen LogP contribution in [0, 0.1) is 0 Å². The van der Waals surface area contributed by atoms with Gasteiger partial charge in [-0.05, 0) is 0 Å². The minimum atomic E-state index is -1.14. The summed E-state index contributed by atoms with van der Waals surface area (Å²) in [5.74, 6) is -2.05. The Balaban J connectivity index is 3.62. The number of hydrogen-bond acceptors (Lipinski definition) is 4.